The van der Waals surface area contributed by atoms with E-state index >= 15 is 0 Å². The molecule has 0 aromatic rings. The van der Waals surface area contributed by atoms with Crippen LogP contribution in [0.1, 0.15) is 75.2 Å². The zero-order valence-electron chi connectivity index (χ0n) is 16.4. The van der Waals surface area contributed by atoms with Gasteiger partial charge >= 0.3 is 14.0 Å². The first kappa shape index (κ1) is 22.0. The third kappa shape index (κ3) is 8.56. The van der Waals surface area contributed by atoms with Crippen LogP contribution in [0.15, 0.2) is 0 Å². The normalized spacial score (nSPS) is 14.3. The maximum atomic E-state index is 6.24. The molecule has 0 N–H and O–H groups in total. The number of rotatable bonds is 10. The molecule has 0 radical (unpaired) electrons. The molecule has 0 aliphatic rings. The van der Waals surface area contributed by atoms with Gasteiger partial charge in [-0.15, -0.1) is 0 Å². The van der Waals surface area contributed by atoms with Crippen LogP contribution in [0.3, 0.4) is 0 Å². The average molecular weight is 314 g/mol. The molecule has 0 aliphatic heterocycles. The monoisotopic (exact) mass is 314 g/mol. The van der Waals surface area contributed by atoms with Crippen molar-refractivity contribution in [2.75, 3.05) is 7.11 Å². The summed E-state index contributed by atoms with van der Waals surface area (Å²) in [5, 5.41) is 0. The zero-order valence-corrected chi connectivity index (χ0v) is 16.4. The maximum Gasteiger partial charge on any atom is 0.488 e. The molecule has 0 spiro atoms. The molecule has 4 nitrogen and oxygen atoms in total. The first-order valence-corrected chi connectivity index (χ1v) is 8.46. The van der Waals surface area contributed by atoms with Crippen molar-refractivity contribution in [2.45, 2.75) is 92.5 Å². The van der Waals surface area contributed by atoms with E-state index in [-0.39, 0.29) is 17.3 Å². The van der Waals surface area contributed by atoms with Gasteiger partial charge in [-0.2, -0.15) is 0 Å². The average Bonchev–Trinajstić information content (AvgIpc) is 2.33. The van der Waals surface area contributed by atoms with Crippen molar-refractivity contribution in [3.63, 3.8) is 0 Å². The molecular formula is C16H36B2O4. The molecule has 0 bridgehead atoms. The topological polar surface area (TPSA) is 36.9 Å². The predicted octanol–water partition coefficient (Wildman–Crippen LogP) is 4.16. The third-order valence-electron chi connectivity index (χ3n) is 3.66. The predicted molar refractivity (Wildman–Crippen MR) is 94.8 cm³/mol. The summed E-state index contributed by atoms with van der Waals surface area (Å²) in [5.41, 5.74) is -0.643. The van der Waals surface area contributed by atoms with E-state index in [4.69, 9.17) is 18.6 Å². The Kier molecular flexibility index (Phi) is 9.30. The van der Waals surface area contributed by atoms with Crippen molar-refractivity contribution in [2.24, 2.45) is 5.92 Å². The minimum absolute atomic E-state index is 0.0322. The molecule has 0 saturated carbocycles. The molecule has 0 saturated heterocycles. The van der Waals surface area contributed by atoms with Crippen LogP contribution in [0.5, 0.6) is 0 Å². The molecule has 6 heteroatoms. The smallest absolute Gasteiger partial charge is 0.416 e. The van der Waals surface area contributed by atoms with Gasteiger partial charge in [0, 0.05) is 18.8 Å². The summed E-state index contributed by atoms with van der Waals surface area (Å²) in [6.45, 7) is 18.6. The van der Waals surface area contributed by atoms with Crippen molar-refractivity contribution in [3.8, 4) is 0 Å². The zero-order chi connectivity index (χ0) is 17.6. The van der Waals surface area contributed by atoms with Crippen LogP contribution in [0.25, 0.3) is 0 Å². The van der Waals surface area contributed by atoms with Crippen LogP contribution in [0.2, 0.25) is 0 Å². The molecule has 0 amide bonds. The highest BCUT2D eigenvalue weighted by Crippen LogP contribution is 2.27. The SMILES string of the molecule is CCCC(C)C(C)(C)OB(OC)B(OC(C)C)OC(C)(C)C. The van der Waals surface area contributed by atoms with Gasteiger partial charge in [0.1, 0.15) is 0 Å². The van der Waals surface area contributed by atoms with E-state index in [1.165, 1.54) is 0 Å². The Hall–Kier alpha value is -0.0301. The second-order valence-corrected chi connectivity index (χ2v) is 7.80. The standard InChI is InChI=1S/C16H36B2O4/c1-11-12-14(4)16(8,9)22-17(19-10)18(20-13(2)3)21-15(5,6)7/h13-14H,11-12H2,1-10H3. The molecule has 0 rings (SSSR count). The van der Waals surface area contributed by atoms with Gasteiger partial charge < -0.3 is 18.6 Å². The van der Waals surface area contributed by atoms with E-state index in [1.54, 1.807) is 7.11 Å². The van der Waals surface area contributed by atoms with Gasteiger partial charge in [0.25, 0.3) is 0 Å². The summed E-state index contributed by atoms with van der Waals surface area (Å²) < 4.78 is 23.7. The molecule has 1 atom stereocenters. The lowest BCUT2D eigenvalue weighted by Crippen LogP contribution is -2.54. The second kappa shape index (κ2) is 9.31. The summed E-state index contributed by atoms with van der Waals surface area (Å²) in [4.78, 5) is 0. The Bertz CT molecular complexity index is 303. The molecule has 0 aromatic carbocycles. The molecule has 130 valence electrons. The van der Waals surface area contributed by atoms with Gasteiger partial charge in [-0.05, 0) is 60.8 Å². The fraction of sp³-hybridized carbons (Fsp3) is 1.00. The minimum Gasteiger partial charge on any atom is -0.416 e. The van der Waals surface area contributed by atoms with E-state index in [1.807, 2.05) is 34.6 Å². The van der Waals surface area contributed by atoms with Gasteiger partial charge in [0.15, 0.2) is 0 Å². The fourth-order valence-corrected chi connectivity index (χ4v) is 2.18. The van der Waals surface area contributed by atoms with Crippen LogP contribution < -0.4 is 0 Å². The van der Waals surface area contributed by atoms with Gasteiger partial charge in [-0.1, -0.05) is 20.3 Å². The van der Waals surface area contributed by atoms with Crippen molar-refractivity contribution >= 4 is 14.0 Å². The minimum atomic E-state index is -0.559. The van der Waals surface area contributed by atoms with E-state index in [2.05, 4.69) is 27.7 Å². The maximum absolute atomic E-state index is 6.24. The molecule has 0 heterocycles. The van der Waals surface area contributed by atoms with E-state index in [9.17, 15) is 0 Å². The highest BCUT2D eigenvalue weighted by molar-refractivity contribution is 7.10. The molecule has 0 fully saturated rings. The molecule has 0 aromatic heterocycles. The lowest BCUT2D eigenvalue weighted by Gasteiger charge is -2.37. The summed E-state index contributed by atoms with van der Waals surface area (Å²) in [7, 11) is 0.516. The Balaban J connectivity index is 5.05. The Morgan fingerprint density at radius 2 is 1.45 bits per heavy atom. The van der Waals surface area contributed by atoms with Crippen molar-refractivity contribution < 1.29 is 18.6 Å². The lowest BCUT2D eigenvalue weighted by atomic mass is 9.47. The van der Waals surface area contributed by atoms with Crippen LogP contribution >= 0.6 is 0 Å². The third-order valence-corrected chi connectivity index (χ3v) is 3.66. The largest absolute Gasteiger partial charge is 0.488 e. The van der Waals surface area contributed by atoms with Gasteiger partial charge in [0.2, 0.25) is 0 Å². The Morgan fingerprint density at radius 3 is 1.82 bits per heavy atom. The highest BCUT2D eigenvalue weighted by atomic mass is 16.7. The second-order valence-electron chi connectivity index (χ2n) is 7.80. The molecular weight excluding hydrogens is 278 g/mol. The molecule has 1 unspecified atom stereocenters. The van der Waals surface area contributed by atoms with Crippen molar-refractivity contribution in [1.82, 2.24) is 0 Å². The van der Waals surface area contributed by atoms with E-state index in [0.29, 0.717) is 5.92 Å². The molecule has 0 aliphatic carbocycles. The van der Waals surface area contributed by atoms with Gasteiger partial charge in [-0.3, -0.25) is 0 Å². The summed E-state index contributed by atoms with van der Waals surface area (Å²) in [6.07, 6.45) is 2.28. The summed E-state index contributed by atoms with van der Waals surface area (Å²) >= 11 is 0. The number of hydrogen-bond acceptors (Lipinski definition) is 4. The van der Waals surface area contributed by atoms with Crippen LogP contribution in [0, 0.1) is 5.92 Å². The van der Waals surface area contributed by atoms with Crippen molar-refractivity contribution in [1.29, 1.82) is 0 Å². The fourth-order valence-electron chi connectivity index (χ4n) is 2.18. The van der Waals surface area contributed by atoms with Gasteiger partial charge in [0.05, 0.1) is 5.60 Å². The summed E-state index contributed by atoms with van der Waals surface area (Å²) in [5.74, 6) is 0.421. The quantitative estimate of drug-likeness (QED) is 0.567. The highest BCUT2D eigenvalue weighted by Gasteiger charge is 2.45. The van der Waals surface area contributed by atoms with Gasteiger partial charge in [-0.25, -0.2) is 0 Å². The van der Waals surface area contributed by atoms with Crippen LogP contribution in [0.4, 0.5) is 0 Å². The van der Waals surface area contributed by atoms with E-state index < -0.39 is 14.0 Å². The van der Waals surface area contributed by atoms with Crippen LogP contribution in [-0.2, 0) is 18.6 Å². The van der Waals surface area contributed by atoms with Crippen molar-refractivity contribution in [3.05, 3.63) is 0 Å². The lowest BCUT2D eigenvalue weighted by molar-refractivity contribution is 0.0150. The van der Waals surface area contributed by atoms with E-state index in [0.717, 1.165) is 12.8 Å². The molecule has 22 heavy (non-hydrogen) atoms. The Labute approximate surface area is 138 Å². The Morgan fingerprint density at radius 1 is 0.909 bits per heavy atom. The summed E-state index contributed by atoms with van der Waals surface area (Å²) in [6, 6.07) is 0. The first-order valence-electron chi connectivity index (χ1n) is 8.46. The first-order chi connectivity index (χ1) is 9.92. The van der Waals surface area contributed by atoms with Crippen LogP contribution in [-0.4, -0.2) is 38.4 Å². The number of hydrogen-bond donors (Lipinski definition) is 0.